The van der Waals surface area contributed by atoms with E-state index in [4.69, 9.17) is 5.73 Å². The Morgan fingerprint density at radius 3 is 2.68 bits per heavy atom. The maximum absolute atomic E-state index is 12.1. The number of aromatic nitrogens is 1. The van der Waals surface area contributed by atoms with Crippen LogP contribution in [0.2, 0.25) is 0 Å². The molecule has 0 saturated heterocycles. The first-order chi connectivity index (χ1) is 10.6. The molecule has 0 bridgehead atoms. The van der Waals surface area contributed by atoms with Crippen LogP contribution in [0.4, 0.5) is 5.69 Å². The van der Waals surface area contributed by atoms with Crippen molar-refractivity contribution in [2.45, 2.75) is 6.92 Å². The molecule has 5 heteroatoms. The lowest BCUT2D eigenvalue weighted by atomic mass is 10.0. The summed E-state index contributed by atoms with van der Waals surface area (Å²) in [5, 5.41) is 4.86. The minimum Gasteiger partial charge on any atom is -0.399 e. The minimum atomic E-state index is -0.248. The summed E-state index contributed by atoms with van der Waals surface area (Å²) >= 11 is 0. The van der Waals surface area contributed by atoms with E-state index in [9.17, 15) is 4.79 Å². The molecule has 0 unspecified atom stereocenters. The van der Waals surface area contributed by atoms with Crippen molar-refractivity contribution >= 4 is 28.7 Å². The number of hydrogen-bond donors (Lipinski definition) is 3. The van der Waals surface area contributed by atoms with E-state index in [1.165, 1.54) is 5.56 Å². The number of benzene rings is 2. The van der Waals surface area contributed by atoms with Gasteiger partial charge in [0.2, 0.25) is 0 Å². The molecular formula is C17H14N4O. The first-order valence-electron chi connectivity index (χ1n) is 6.99. The highest BCUT2D eigenvalue weighted by Gasteiger charge is 2.21. The number of carbonyl (C=O) groups is 1. The van der Waals surface area contributed by atoms with Gasteiger partial charge in [0.15, 0.2) is 0 Å². The van der Waals surface area contributed by atoms with Gasteiger partial charge < -0.3 is 10.7 Å². The quantitative estimate of drug-likeness (QED) is 0.602. The second kappa shape index (κ2) is 4.46. The number of carbonyl (C=O) groups excluding carboxylic acids is 1. The highest BCUT2D eigenvalue weighted by Crippen LogP contribution is 2.33. The fourth-order valence-corrected chi connectivity index (χ4v) is 2.85. The predicted molar refractivity (Wildman–Crippen MR) is 87.9 cm³/mol. The molecule has 5 nitrogen and oxygen atoms in total. The number of nitrogen functional groups attached to an aromatic ring is 1. The molecule has 4 N–H and O–H groups in total. The summed E-state index contributed by atoms with van der Waals surface area (Å²) in [6, 6.07) is 11.7. The molecule has 2 aromatic carbocycles. The van der Waals surface area contributed by atoms with Crippen molar-refractivity contribution in [1.29, 1.82) is 0 Å². The van der Waals surface area contributed by atoms with Crippen LogP contribution in [0.25, 0.3) is 22.2 Å². The number of nitrogens with one attached hydrogen (secondary N) is 2. The molecule has 1 aliphatic rings. The Bertz CT molecular complexity index is 935. The molecule has 22 heavy (non-hydrogen) atoms. The first-order valence-corrected chi connectivity index (χ1v) is 6.99. The zero-order chi connectivity index (χ0) is 15.3. The van der Waals surface area contributed by atoms with Crippen molar-refractivity contribution in [2.24, 2.45) is 5.10 Å². The van der Waals surface area contributed by atoms with Crippen molar-refractivity contribution < 1.29 is 4.79 Å². The number of amides is 1. The molecule has 3 aromatic rings. The van der Waals surface area contributed by atoms with Crippen LogP contribution in [0.15, 0.2) is 41.5 Å². The summed E-state index contributed by atoms with van der Waals surface area (Å²) in [6.45, 7) is 2.05. The third-order valence-electron chi connectivity index (χ3n) is 3.90. The number of H-pyrrole nitrogens is 1. The molecule has 0 aliphatic carbocycles. The Morgan fingerprint density at radius 1 is 1.14 bits per heavy atom. The number of nitrogens with two attached hydrogens (primary N) is 1. The molecule has 1 amide bonds. The number of hydrazone groups is 1. The molecule has 1 aromatic heterocycles. The standard InChI is InChI=1S/C17H14N4O/c1-9-2-4-10(5-3-9)16-13-8-19-21-17(22)12-6-11(18)7-14(20-16)15(12)13/h2-8,20H,18H2,1H3,(H,21,22). The SMILES string of the molecule is Cc1ccc(-c2[nH]c3cc(N)cc4c3c2C=NNC4=O)cc1. The van der Waals surface area contributed by atoms with Crippen molar-refractivity contribution in [3.8, 4) is 11.3 Å². The van der Waals surface area contributed by atoms with Crippen LogP contribution in [0.3, 0.4) is 0 Å². The first kappa shape index (κ1) is 12.6. The van der Waals surface area contributed by atoms with Gasteiger partial charge in [0, 0.05) is 22.2 Å². The molecule has 0 fully saturated rings. The van der Waals surface area contributed by atoms with Crippen LogP contribution in [0, 0.1) is 6.92 Å². The number of anilines is 1. The van der Waals surface area contributed by atoms with Crippen LogP contribution in [-0.4, -0.2) is 17.1 Å². The summed E-state index contributed by atoms with van der Waals surface area (Å²) < 4.78 is 0. The van der Waals surface area contributed by atoms with Gasteiger partial charge in [-0.25, -0.2) is 5.43 Å². The Hall–Kier alpha value is -3.08. The third-order valence-corrected chi connectivity index (χ3v) is 3.90. The topological polar surface area (TPSA) is 83.3 Å². The summed E-state index contributed by atoms with van der Waals surface area (Å²) in [7, 11) is 0. The van der Waals surface area contributed by atoms with Gasteiger partial charge in [-0.15, -0.1) is 0 Å². The summed E-state index contributed by atoms with van der Waals surface area (Å²) in [5.41, 5.74) is 14.4. The number of aryl methyl sites for hydroxylation is 1. The van der Waals surface area contributed by atoms with Gasteiger partial charge in [0.05, 0.1) is 17.5 Å². The smallest absolute Gasteiger partial charge is 0.272 e. The van der Waals surface area contributed by atoms with E-state index in [0.29, 0.717) is 11.3 Å². The molecule has 1 aliphatic heterocycles. The molecule has 4 rings (SSSR count). The number of aromatic amines is 1. The monoisotopic (exact) mass is 290 g/mol. The van der Waals surface area contributed by atoms with E-state index < -0.39 is 0 Å². The minimum absolute atomic E-state index is 0.248. The van der Waals surface area contributed by atoms with Gasteiger partial charge >= 0.3 is 0 Å². The third kappa shape index (κ3) is 1.79. The van der Waals surface area contributed by atoms with E-state index in [2.05, 4.69) is 27.6 Å². The van der Waals surface area contributed by atoms with Crippen LogP contribution >= 0.6 is 0 Å². The molecule has 0 atom stereocenters. The molecule has 0 spiro atoms. The summed E-state index contributed by atoms with van der Waals surface area (Å²) in [6.07, 6.45) is 1.68. The highest BCUT2D eigenvalue weighted by atomic mass is 16.2. The zero-order valence-corrected chi connectivity index (χ0v) is 12.0. The van der Waals surface area contributed by atoms with Crippen molar-refractivity contribution in [1.82, 2.24) is 10.4 Å². The molecule has 108 valence electrons. The number of nitrogens with zero attached hydrogens (tertiary/aromatic N) is 1. The van der Waals surface area contributed by atoms with Crippen molar-refractivity contribution in [3.05, 3.63) is 53.1 Å². The van der Waals surface area contributed by atoms with E-state index >= 15 is 0 Å². The Balaban J connectivity index is 2.08. The number of hydrogen-bond acceptors (Lipinski definition) is 3. The Morgan fingerprint density at radius 2 is 1.91 bits per heavy atom. The van der Waals surface area contributed by atoms with Gasteiger partial charge in [-0.1, -0.05) is 29.8 Å². The average Bonchev–Trinajstić information content (AvgIpc) is 2.76. The van der Waals surface area contributed by atoms with Crippen molar-refractivity contribution in [2.75, 3.05) is 5.73 Å². The van der Waals surface area contributed by atoms with E-state index in [1.54, 1.807) is 12.3 Å². The lowest BCUT2D eigenvalue weighted by Gasteiger charge is -2.02. The predicted octanol–water partition coefficient (Wildman–Crippen LogP) is 2.80. The zero-order valence-electron chi connectivity index (χ0n) is 12.0. The van der Waals surface area contributed by atoms with Crippen LogP contribution in [0.5, 0.6) is 0 Å². The van der Waals surface area contributed by atoms with Gasteiger partial charge in [0.1, 0.15) is 0 Å². The second-order valence-electron chi connectivity index (χ2n) is 5.47. The van der Waals surface area contributed by atoms with Crippen molar-refractivity contribution in [3.63, 3.8) is 0 Å². The van der Waals surface area contributed by atoms with Crippen LogP contribution < -0.4 is 11.2 Å². The molecule has 0 radical (unpaired) electrons. The fraction of sp³-hybridized carbons (Fsp3) is 0.0588. The summed E-state index contributed by atoms with van der Waals surface area (Å²) in [4.78, 5) is 15.5. The largest absolute Gasteiger partial charge is 0.399 e. The van der Waals surface area contributed by atoms with Gasteiger partial charge in [0.25, 0.3) is 5.91 Å². The normalized spacial score (nSPS) is 13.2. The van der Waals surface area contributed by atoms with Crippen LogP contribution in [-0.2, 0) is 0 Å². The molecule has 0 saturated carbocycles. The Labute approximate surface area is 126 Å². The lowest BCUT2D eigenvalue weighted by molar-refractivity contribution is 0.0957. The van der Waals surface area contributed by atoms with Crippen LogP contribution in [0.1, 0.15) is 21.5 Å². The maximum atomic E-state index is 12.1. The van der Waals surface area contributed by atoms with E-state index in [1.807, 2.05) is 25.1 Å². The molecular weight excluding hydrogens is 276 g/mol. The summed E-state index contributed by atoms with van der Waals surface area (Å²) in [5.74, 6) is -0.248. The van der Waals surface area contributed by atoms with E-state index in [-0.39, 0.29) is 5.91 Å². The maximum Gasteiger partial charge on any atom is 0.272 e. The highest BCUT2D eigenvalue weighted by molar-refractivity contribution is 6.17. The lowest BCUT2D eigenvalue weighted by Crippen LogP contribution is -2.16. The second-order valence-corrected chi connectivity index (χ2v) is 5.47. The fourth-order valence-electron chi connectivity index (χ4n) is 2.85. The van der Waals surface area contributed by atoms with Gasteiger partial charge in [-0.2, -0.15) is 5.10 Å². The van der Waals surface area contributed by atoms with Gasteiger partial charge in [-0.3, -0.25) is 4.79 Å². The molecule has 2 heterocycles. The van der Waals surface area contributed by atoms with E-state index in [0.717, 1.165) is 27.7 Å². The average molecular weight is 290 g/mol. The Kier molecular flexibility index (Phi) is 2.56. The number of rotatable bonds is 1. The van der Waals surface area contributed by atoms with Gasteiger partial charge in [-0.05, 0) is 24.6 Å².